The van der Waals surface area contributed by atoms with Crippen LogP contribution >= 0.6 is 11.6 Å². The zero-order valence-electron chi connectivity index (χ0n) is 11.7. The fourth-order valence-electron chi connectivity index (χ4n) is 2.53. The molecule has 22 heavy (non-hydrogen) atoms. The van der Waals surface area contributed by atoms with Crippen LogP contribution < -0.4 is 10.5 Å². The molecule has 1 aromatic carbocycles. The fraction of sp³-hybridized carbons (Fsp3) is 0.267. The summed E-state index contributed by atoms with van der Waals surface area (Å²) in [4.78, 5) is 25.3. The molecule has 7 heteroatoms. The minimum absolute atomic E-state index is 0.138. The van der Waals surface area contributed by atoms with Crippen molar-refractivity contribution in [3.8, 4) is 5.69 Å². The first-order valence-corrected chi connectivity index (χ1v) is 7.32. The highest BCUT2D eigenvalue weighted by atomic mass is 35.5. The first kappa shape index (κ1) is 14.6. The van der Waals surface area contributed by atoms with Gasteiger partial charge in [0.1, 0.15) is 5.02 Å². The molecule has 0 atom stereocenters. The largest absolute Gasteiger partial charge is 0.478 e. The number of anilines is 1. The molecule has 6 nitrogen and oxygen atoms in total. The summed E-state index contributed by atoms with van der Waals surface area (Å²) >= 11 is 6.20. The summed E-state index contributed by atoms with van der Waals surface area (Å²) < 4.78 is 1.17. The third kappa shape index (κ3) is 2.57. The van der Waals surface area contributed by atoms with Gasteiger partial charge < -0.3 is 10.0 Å². The summed E-state index contributed by atoms with van der Waals surface area (Å²) in [5.74, 6) is -1.02. The molecule has 3 rings (SSSR count). The molecular weight excluding hydrogens is 306 g/mol. The van der Waals surface area contributed by atoms with Crippen molar-refractivity contribution in [3.05, 3.63) is 51.4 Å². The predicted molar refractivity (Wildman–Crippen MR) is 83.3 cm³/mol. The van der Waals surface area contributed by atoms with Gasteiger partial charge in [-0.15, -0.1) is 0 Å². The van der Waals surface area contributed by atoms with E-state index in [0.29, 0.717) is 11.4 Å². The van der Waals surface area contributed by atoms with Crippen LogP contribution in [0.2, 0.25) is 5.02 Å². The monoisotopic (exact) mass is 319 g/mol. The van der Waals surface area contributed by atoms with Gasteiger partial charge in [-0.05, 0) is 37.1 Å². The normalized spacial score (nSPS) is 14.3. The molecule has 0 radical (unpaired) electrons. The number of aromatic carboxylic acids is 1. The van der Waals surface area contributed by atoms with Gasteiger partial charge in [-0.2, -0.15) is 9.78 Å². The van der Waals surface area contributed by atoms with Crippen molar-refractivity contribution in [2.75, 3.05) is 18.0 Å². The van der Waals surface area contributed by atoms with Gasteiger partial charge in [-0.1, -0.05) is 11.6 Å². The van der Waals surface area contributed by atoms with Crippen molar-refractivity contribution in [2.45, 2.75) is 12.8 Å². The van der Waals surface area contributed by atoms with Crippen LogP contribution in [-0.2, 0) is 0 Å². The minimum atomic E-state index is -1.02. The van der Waals surface area contributed by atoms with Crippen LogP contribution in [0, 0.1) is 0 Å². The Morgan fingerprint density at radius 1 is 1.18 bits per heavy atom. The van der Waals surface area contributed by atoms with Gasteiger partial charge in [0.2, 0.25) is 0 Å². The topological polar surface area (TPSA) is 75.4 Å². The molecular formula is C15H14ClN3O3. The Bertz CT molecular complexity index is 765. The molecule has 0 amide bonds. The smallest absolute Gasteiger partial charge is 0.335 e. The summed E-state index contributed by atoms with van der Waals surface area (Å²) in [6, 6.07) is 5.91. The molecule has 114 valence electrons. The average molecular weight is 320 g/mol. The zero-order valence-corrected chi connectivity index (χ0v) is 12.5. The van der Waals surface area contributed by atoms with E-state index in [2.05, 4.69) is 10.00 Å². The second kappa shape index (κ2) is 5.81. The molecule has 0 bridgehead atoms. The number of carboxylic acids is 1. The molecule has 1 aliphatic rings. The molecule has 1 N–H and O–H groups in total. The lowest BCUT2D eigenvalue weighted by Crippen LogP contribution is -2.26. The standard InChI is InChI=1S/C15H14ClN3O3/c16-13-12(18-7-1-2-8-18)9-17-19(14(13)20)11-5-3-10(4-6-11)15(21)22/h3-6,9H,1-2,7-8H2,(H,21,22). The van der Waals surface area contributed by atoms with E-state index in [0.717, 1.165) is 25.9 Å². The minimum Gasteiger partial charge on any atom is -0.478 e. The van der Waals surface area contributed by atoms with Crippen LogP contribution in [0.3, 0.4) is 0 Å². The van der Waals surface area contributed by atoms with Crippen LogP contribution in [0.5, 0.6) is 0 Å². The zero-order chi connectivity index (χ0) is 15.7. The third-order valence-electron chi connectivity index (χ3n) is 3.71. The van der Waals surface area contributed by atoms with Gasteiger partial charge in [0.15, 0.2) is 0 Å². The van der Waals surface area contributed by atoms with Gasteiger partial charge in [0, 0.05) is 13.1 Å². The van der Waals surface area contributed by atoms with Crippen molar-refractivity contribution in [3.63, 3.8) is 0 Å². The number of hydrogen-bond acceptors (Lipinski definition) is 4. The molecule has 0 aliphatic carbocycles. The molecule has 1 aliphatic heterocycles. The number of hydrogen-bond donors (Lipinski definition) is 1. The maximum absolute atomic E-state index is 12.4. The number of rotatable bonds is 3. The lowest BCUT2D eigenvalue weighted by molar-refractivity contribution is 0.0697. The van der Waals surface area contributed by atoms with E-state index in [1.807, 2.05) is 0 Å². The number of carboxylic acid groups (broad SMARTS) is 1. The molecule has 1 saturated heterocycles. The maximum atomic E-state index is 12.4. The SMILES string of the molecule is O=C(O)c1ccc(-n2ncc(N3CCCC3)c(Cl)c2=O)cc1. The lowest BCUT2D eigenvalue weighted by Gasteiger charge is -2.18. The summed E-state index contributed by atoms with van der Waals surface area (Å²) in [7, 11) is 0. The highest BCUT2D eigenvalue weighted by Crippen LogP contribution is 2.25. The Morgan fingerprint density at radius 2 is 1.82 bits per heavy atom. The lowest BCUT2D eigenvalue weighted by atomic mass is 10.2. The van der Waals surface area contributed by atoms with E-state index in [1.165, 1.54) is 28.9 Å². The highest BCUT2D eigenvalue weighted by Gasteiger charge is 2.19. The van der Waals surface area contributed by atoms with Crippen molar-refractivity contribution in [1.82, 2.24) is 9.78 Å². The van der Waals surface area contributed by atoms with Crippen LogP contribution in [0.25, 0.3) is 5.69 Å². The first-order valence-electron chi connectivity index (χ1n) is 6.94. The number of halogens is 1. The molecule has 1 aromatic heterocycles. The van der Waals surface area contributed by atoms with Gasteiger partial charge in [-0.3, -0.25) is 4.79 Å². The van der Waals surface area contributed by atoms with Crippen molar-refractivity contribution in [1.29, 1.82) is 0 Å². The van der Waals surface area contributed by atoms with E-state index < -0.39 is 11.5 Å². The van der Waals surface area contributed by atoms with Crippen LogP contribution in [-0.4, -0.2) is 33.9 Å². The number of benzene rings is 1. The average Bonchev–Trinajstić information content (AvgIpc) is 3.04. The van der Waals surface area contributed by atoms with Crippen LogP contribution in [0.15, 0.2) is 35.3 Å². The Hall–Kier alpha value is -2.34. The highest BCUT2D eigenvalue weighted by molar-refractivity contribution is 6.33. The summed E-state index contributed by atoms with van der Waals surface area (Å²) in [5.41, 5.74) is 0.873. The van der Waals surface area contributed by atoms with E-state index in [-0.39, 0.29) is 10.6 Å². The number of nitrogens with zero attached hydrogens (tertiary/aromatic N) is 3. The van der Waals surface area contributed by atoms with Gasteiger partial charge in [-0.25, -0.2) is 4.79 Å². The molecule has 2 aromatic rings. The van der Waals surface area contributed by atoms with Crippen LogP contribution in [0.1, 0.15) is 23.2 Å². The maximum Gasteiger partial charge on any atom is 0.335 e. The van der Waals surface area contributed by atoms with Crippen molar-refractivity contribution in [2.24, 2.45) is 0 Å². The van der Waals surface area contributed by atoms with Crippen LogP contribution in [0.4, 0.5) is 5.69 Å². The third-order valence-corrected chi connectivity index (χ3v) is 4.06. The van der Waals surface area contributed by atoms with Gasteiger partial charge in [0.25, 0.3) is 5.56 Å². The number of carbonyl (C=O) groups is 1. The molecule has 0 saturated carbocycles. The summed E-state index contributed by atoms with van der Waals surface area (Å²) in [5, 5.41) is 13.2. The van der Waals surface area contributed by atoms with Gasteiger partial charge in [0.05, 0.1) is 23.1 Å². The molecule has 2 heterocycles. The Balaban J connectivity index is 1.99. The Labute approximate surface area is 131 Å². The summed E-state index contributed by atoms with van der Waals surface area (Å²) in [6.45, 7) is 1.75. The summed E-state index contributed by atoms with van der Waals surface area (Å²) in [6.07, 6.45) is 3.74. The van der Waals surface area contributed by atoms with Crippen molar-refractivity contribution < 1.29 is 9.90 Å². The fourth-order valence-corrected chi connectivity index (χ4v) is 2.78. The van der Waals surface area contributed by atoms with Crippen molar-refractivity contribution >= 4 is 23.3 Å². The first-order chi connectivity index (χ1) is 10.6. The molecule has 0 unspecified atom stereocenters. The van der Waals surface area contributed by atoms with E-state index in [1.54, 1.807) is 6.20 Å². The predicted octanol–water partition coefficient (Wildman–Crippen LogP) is 2.18. The van der Waals surface area contributed by atoms with E-state index >= 15 is 0 Å². The van der Waals surface area contributed by atoms with E-state index in [4.69, 9.17) is 16.7 Å². The number of aromatic nitrogens is 2. The van der Waals surface area contributed by atoms with Gasteiger partial charge >= 0.3 is 5.97 Å². The quantitative estimate of drug-likeness (QED) is 0.938. The Morgan fingerprint density at radius 3 is 2.41 bits per heavy atom. The second-order valence-corrected chi connectivity index (χ2v) is 5.48. The van der Waals surface area contributed by atoms with E-state index in [9.17, 15) is 9.59 Å². The molecule has 1 fully saturated rings. The molecule has 0 spiro atoms. The second-order valence-electron chi connectivity index (χ2n) is 5.11. The Kier molecular flexibility index (Phi) is 3.85.